The highest BCUT2D eigenvalue weighted by Gasteiger charge is 2.18. The van der Waals surface area contributed by atoms with Gasteiger partial charge in [0.1, 0.15) is 16.4 Å². The molecule has 30 heavy (non-hydrogen) atoms. The molecule has 154 valence electrons. The van der Waals surface area contributed by atoms with Crippen LogP contribution in [0.5, 0.6) is 5.75 Å². The minimum atomic E-state index is -0.0975. The summed E-state index contributed by atoms with van der Waals surface area (Å²) in [7, 11) is 1.63. The van der Waals surface area contributed by atoms with Crippen LogP contribution in [0.15, 0.2) is 46.9 Å². The third-order valence-electron chi connectivity index (χ3n) is 4.80. The number of nitrogens with one attached hydrogen (secondary N) is 1. The summed E-state index contributed by atoms with van der Waals surface area (Å²) in [5.74, 6) is 2.52. The predicted molar refractivity (Wildman–Crippen MR) is 121 cm³/mol. The van der Waals surface area contributed by atoms with Crippen LogP contribution in [-0.2, 0) is 12.3 Å². The van der Waals surface area contributed by atoms with E-state index in [4.69, 9.17) is 4.74 Å². The summed E-state index contributed by atoms with van der Waals surface area (Å²) in [6, 6.07) is 7.69. The zero-order valence-electron chi connectivity index (χ0n) is 16.9. The van der Waals surface area contributed by atoms with E-state index < -0.39 is 0 Å². The van der Waals surface area contributed by atoms with Crippen molar-refractivity contribution in [3.8, 4) is 17.1 Å². The number of ether oxygens (including phenoxy) is 1. The maximum atomic E-state index is 12.5. The number of para-hydroxylation sites is 1. The molecule has 0 saturated heterocycles. The number of thioether (sulfide) groups is 1. The second-order valence-electron chi connectivity index (χ2n) is 6.67. The quantitative estimate of drug-likeness (QED) is 0.340. The lowest BCUT2D eigenvalue weighted by Gasteiger charge is -2.10. The molecule has 0 unspecified atom stereocenters. The molecule has 0 bridgehead atoms. The van der Waals surface area contributed by atoms with Gasteiger partial charge in [-0.15, -0.1) is 28.1 Å². The van der Waals surface area contributed by atoms with Crippen LogP contribution in [0.2, 0.25) is 0 Å². The van der Waals surface area contributed by atoms with Gasteiger partial charge in [0.25, 0.3) is 5.56 Å². The number of fused-ring (bicyclic) bond motifs is 1. The van der Waals surface area contributed by atoms with Crippen molar-refractivity contribution in [1.29, 1.82) is 0 Å². The summed E-state index contributed by atoms with van der Waals surface area (Å²) >= 11 is 3.01. The maximum Gasteiger partial charge on any atom is 0.259 e. The molecule has 0 aliphatic heterocycles. The van der Waals surface area contributed by atoms with E-state index in [0.29, 0.717) is 29.3 Å². The molecule has 0 fully saturated rings. The first-order chi connectivity index (χ1) is 14.5. The number of aryl methyl sites for hydroxylation is 2. The maximum absolute atomic E-state index is 12.5. The zero-order chi connectivity index (χ0) is 21.3. The average molecular weight is 440 g/mol. The van der Waals surface area contributed by atoms with E-state index in [2.05, 4.69) is 26.7 Å². The lowest BCUT2D eigenvalue weighted by Crippen LogP contribution is -2.11. The number of hydrogen-bond acceptors (Lipinski definition) is 7. The van der Waals surface area contributed by atoms with Crippen LogP contribution in [0.3, 0.4) is 0 Å². The Bertz CT molecular complexity index is 1290. The van der Waals surface area contributed by atoms with E-state index in [1.54, 1.807) is 24.5 Å². The smallest absolute Gasteiger partial charge is 0.259 e. The molecular weight excluding hydrogens is 418 g/mol. The monoisotopic (exact) mass is 439 g/mol. The van der Waals surface area contributed by atoms with Gasteiger partial charge in [0.2, 0.25) is 0 Å². The fraction of sp³-hybridized carbons (Fsp3) is 0.238. The number of nitrogens with zero attached hydrogens (tertiary/aromatic N) is 4. The molecular formula is C21H21N5O2S2. The highest BCUT2D eigenvalue weighted by Crippen LogP contribution is 2.32. The molecule has 0 aliphatic rings. The number of aromatic amines is 1. The fourth-order valence-electron chi connectivity index (χ4n) is 3.22. The van der Waals surface area contributed by atoms with Crippen molar-refractivity contribution in [2.45, 2.75) is 31.3 Å². The molecule has 0 atom stereocenters. The third kappa shape index (κ3) is 3.66. The molecule has 4 rings (SSSR count). The van der Waals surface area contributed by atoms with Crippen LogP contribution < -0.4 is 10.3 Å². The SMILES string of the molecule is C=CCn1c(SCc2nc3sc(C)c(C)c3c(=O)[nH]2)nnc1-c1ccccc1OC. The van der Waals surface area contributed by atoms with Gasteiger partial charge in [-0.05, 0) is 31.5 Å². The van der Waals surface area contributed by atoms with Crippen molar-refractivity contribution in [2.24, 2.45) is 0 Å². The van der Waals surface area contributed by atoms with Crippen molar-refractivity contribution >= 4 is 33.3 Å². The highest BCUT2D eigenvalue weighted by molar-refractivity contribution is 7.98. The van der Waals surface area contributed by atoms with Crippen molar-refractivity contribution in [3.63, 3.8) is 0 Å². The van der Waals surface area contributed by atoms with Gasteiger partial charge in [-0.2, -0.15) is 0 Å². The largest absolute Gasteiger partial charge is 0.496 e. The fourth-order valence-corrected chi connectivity index (χ4v) is 5.09. The molecule has 0 saturated carbocycles. The second-order valence-corrected chi connectivity index (χ2v) is 8.82. The second kappa shape index (κ2) is 8.45. The molecule has 0 spiro atoms. The van der Waals surface area contributed by atoms with E-state index >= 15 is 0 Å². The van der Waals surface area contributed by atoms with E-state index in [1.165, 1.54) is 11.8 Å². The van der Waals surface area contributed by atoms with Crippen molar-refractivity contribution in [2.75, 3.05) is 7.11 Å². The molecule has 4 aromatic rings. The molecule has 1 N–H and O–H groups in total. The molecule has 0 radical (unpaired) electrons. The van der Waals surface area contributed by atoms with Gasteiger partial charge < -0.3 is 9.72 Å². The number of hydrogen-bond donors (Lipinski definition) is 1. The van der Waals surface area contributed by atoms with Gasteiger partial charge in [0.05, 0.1) is 23.8 Å². The Balaban J connectivity index is 1.66. The third-order valence-corrected chi connectivity index (χ3v) is 6.88. The van der Waals surface area contributed by atoms with Crippen LogP contribution >= 0.6 is 23.1 Å². The van der Waals surface area contributed by atoms with Gasteiger partial charge in [-0.3, -0.25) is 9.36 Å². The Morgan fingerprint density at radius 3 is 2.87 bits per heavy atom. The summed E-state index contributed by atoms with van der Waals surface area (Å²) in [5, 5.41) is 10.1. The normalized spacial score (nSPS) is 11.2. The number of methoxy groups -OCH3 is 1. The number of rotatable bonds is 7. The van der Waals surface area contributed by atoms with Gasteiger partial charge in [-0.1, -0.05) is 30.0 Å². The van der Waals surface area contributed by atoms with Gasteiger partial charge in [-0.25, -0.2) is 4.98 Å². The molecule has 7 nitrogen and oxygen atoms in total. The summed E-state index contributed by atoms with van der Waals surface area (Å²) < 4.78 is 7.45. The zero-order valence-corrected chi connectivity index (χ0v) is 18.6. The Kier molecular flexibility index (Phi) is 5.74. The Morgan fingerprint density at radius 1 is 1.30 bits per heavy atom. The van der Waals surface area contributed by atoms with Crippen molar-refractivity contribution < 1.29 is 4.74 Å². The van der Waals surface area contributed by atoms with E-state index in [0.717, 1.165) is 31.7 Å². The van der Waals surface area contributed by atoms with Crippen LogP contribution in [0.25, 0.3) is 21.6 Å². The van der Waals surface area contributed by atoms with E-state index in [1.807, 2.05) is 42.7 Å². The minimum absolute atomic E-state index is 0.0975. The number of allylic oxidation sites excluding steroid dienone is 1. The van der Waals surface area contributed by atoms with Crippen LogP contribution in [-0.4, -0.2) is 31.8 Å². The van der Waals surface area contributed by atoms with Crippen LogP contribution in [0.1, 0.15) is 16.3 Å². The van der Waals surface area contributed by atoms with E-state index in [-0.39, 0.29) is 5.56 Å². The standard InChI is InChI=1S/C21H21N5O2S2/c1-5-10-26-18(14-8-6-7-9-15(14)28-4)24-25-21(26)29-11-16-22-19(27)17-12(2)13(3)30-20(17)23-16/h5-9H,1,10-11H2,2-4H3,(H,22,23,27). The molecule has 9 heteroatoms. The molecule has 0 aliphatic carbocycles. The highest BCUT2D eigenvalue weighted by atomic mass is 32.2. The summed E-state index contributed by atoms with van der Waals surface area (Å²) in [6.07, 6.45) is 1.80. The topological polar surface area (TPSA) is 85.7 Å². The first-order valence-corrected chi connectivity index (χ1v) is 11.1. The first kappa shape index (κ1) is 20.4. The number of aromatic nitrogens is 5. The van der Waals surface area contributed by atoms with Gasteiger partial charge in [0.15, 0.2) is 11.0 Å². The van der Waals surface area contributed by atoms with Crippen molar-refractivity contribution in [1.82, 2.24) is 24.7 Å². The predicted octanol–water partition coefficient (Wildman–Crippen LogP) is 4.35. The van der Waals surface area contributed by atoms with Crippen LogP contribution in [0, 0.1) is 13.8 Å². The Hall–Kier alpha value is -2.91. The molecule has 3 heterocycles. The van der Waals surface area contributed by atoms with E-state index in [9.17, 15) is 4.79 Å². The summed E-state index contributed by atoms with van der Waals surface area (Å²) in [4.78, 5) is 21.9. The van der Waals surface area contributed by atoms with Gasteiger partial charge in [0, 0.05) is 11.4 Å². The first-order valence-electron chi connectivity index (χ1n) is 9.32. The molecule has 0 amide bonds. The lowest BCUT2D eigenvalue weighted by molar-refractivity contribution is 0.416. The summed E-state index contributed by atoms with van der Waals surface area (Å²) in [5.41, 5.74) is 1.76. The lowest BCUT2D eigenvalue weighted by atomic mass is 10.2. The number of H-pyrrole nitrogens is 1. The number of benzene rings is 1. The summed E-state index contributed by atoms with van der Waals surface area (Å²) in [6.45, 7) is 8.37. The Labute approximate surface area is 181 Å². The number of thiophene rings is 1. The van der Waals surface area contributed by atoms with Crippen LogP contribution in [0.4, 0.5) is 0 Å². The van der Waals surface area contributed by atoms with Crippen molar-refractivity contribution in [3.05, 3.63) is 63.5 Å². The average Bonchev–Trinajstić information content (AvgIpc) is 3.27. The molecule has 1 aromatic carbocycles. The van der Waals surface area contributed by atoms with Gasteiger partial charge >= 0.3 is 0 Å². The Morgan fingerprint density at radius 2 is 2.10 bits per heavy atom. The minimum Gasteiger partial charge on any atom is -0.496 e. The molecule has 3 aromatic heterocycles.